The molecule has 0 radical (unpaired) electrons. The standard InChI is InChI=1S/C16H20ClF2NO/c1-3-5-11(6-4-2)10-20-14-9-12(17)7-8-13(14)16(18,19)15(20)21/h7-9,11H,3-6,10H2,1-2H3. The van der Waals surface area contributed by atoms with E-state index in [1.165, 1.54) is 23.1 Å². The fourth-order valence-corrected chi connectivity index (χ4v) is 3.14. The minimum absolute atomic E-state index is 0.233. The molecule has 0 unspecified atom stereocenters. The summed E-state index contributed by atoms with van der Waals surface area (Å²) in [7, 11) is 0. The maximum absolute atomic E-state index is 14.1. The maximum atomic E-state index is 14.1. The summed E-state index contributed by atoms with van der Waals surface area (Å²) < 4.78 is 28.2. The number of carbonyl (C=O) groups is 1. The summed E-state index contributed by atoms with van der Waals surface area (Å²) >= 11 is 5.91. The van der Waals surface area contributed by atoms with Gasteiger partial charge in [-0.1, -0.05) is 38.3 Å². The van der Waals surface area contributed by atoms with Crippen LogP contribution in [0.3, 0.4) is 0 Å². The molecular formula is C16H20ClF2NO. The lowest BCUT2D eigenvalue weighted by Crippen LogP contribution is -2.37. The number of halogens is 3. The molecule has 1 aromatic carbocycles. The third kappa shape index (κ3) is 3.05. The van der Waals surface area contributed by atoms with Crippen molar-refractivity contribution in [3.63, 3.8) is 0 Å². The highest BCUT2D eigenvalue weighted by Gasteiger charge is 2.52. The third-order valence-electron chi connectivity index (χ3n) is 3.94. The molecule has 0 aromatic heterocycles. The van der Waals surface area contributed by atoms with Crippen molar-refractivity contribution in [1.29, 1.82) is 0 Å². The number of hydrogen-bond acceptors (Lipinski definition) is 1. The SMILES string of the molecule is CCCC(CCC)CN1C(=O)C(F)(F)c2ccc(Cl)cc21. The van der Waals surface area contributed by atoms with Crippen molar-refractivity contribution in [2.45, 2.75) is 45.5 Å². The summed E-state index contributed by atoms with van der Waals surface area (Å²) in [5, 5.41) is 0.367. The first kappa shape index (κ1) is 16.2. The smallest absolute Gasteiger partial charge is 0.306 e. The molecule has 1 heterocycles. The molecule has 21 heavy (non-hydrogen) atoms. The molecule has 0 saturated heterocycles. The molecule has 1 amide bonds. The zero-order valence-electron chi connectivity index (χ0n) is 12.3. The number of rotatable bonds is 6. The Kier molecular flexibility index (Phi) is 4.87. The van der Waals surface area contributed by atoms with Crippen LogP contribution in [0.2, 0.25) is 5.02 Å². The van der Waals surface area contributed by atoms with E-state index in [0.29, 0.717) is 11.6 Å². The van der Waals surface area contributed by atoms with Crippen LogP contribution >= 0.6 is 11.6 Å². The Balaban J connectivity index is 2.32. The van der Waals surface area contributed by atoms with Crippen LogP contribution in [0.5, 0.6) is 0 Å². The molecule has 1 aliphatic heterocycles. The van der Waals surface area contributed by atoms with Crippen LogP contribution in [0.1, 0.15) is 45.1 Å². The van der Waals surface area contributed by atoms with Crippen molar-refractivity contribution in [2.75, 3.05) is 11.4 Å². The van der Waals surface area contributed by atoms with Crippen LogP contribution in [-0.2, 0) is 10.7 Å². The van der Waals surface area contributed by atoms with E-state index in [1.54, 1.807) is 0 Å². The minimum Gasteiger partial charge on any atom is -0.306 e. The highest BCUT2D eigenvalue weighted by atomic mass is 35.5. The van der Waals surface area contributed by atoms with Crippen molar-refractivity contribution < 1.29 is 13.6 Å². The van der Waals surface area contributed by atoms with Crippen molar-refractivity contribution >= 4 is 23.2 Å². The molecule has 1 aromatic rings. The molecule has 0 atom stereocenters. The number of anilines is 1. The fourth-order valence-electron chi connectivity index (χ4n) is 2.97. The number of alkyl halides is 2. The van der Waals surface area contributed by atoms with E-state index in [4.69, 9.17) is 11.6 Å². The van der Waals surface area contributed by atoms with Crippen LogP contribution in [0.4, 0.5) is 14.5 Å². The average molecular weight is 316 g/mol. The Hall–Kier alpha value is -1.16. The largest absolute Gasteiger partial charge is 0.352 e. The van der Waals surface area contributed by atoms with Gasteiger partial charge in [0, 0.05) is 11.6 Å². The van der Waals surface area contributed by atoms with E-state index in [9.17, 15) is 13.6 Å². The molecule has 5 heteroatoms. The molecule has 0 spiro atoms. The van der Waals surface area contributed by atoms with E-state index >= 15 is 0 Å². The molecule has 2 nitrogen and oxygen atoms in total. The second kappa shape index (κ2) is 6.30. The third-order valence-corrected chi connectivity index (χ3v) is 4.17. The van der Waals surface area contributed by atoms with Crippen LogP contribution < -0.4 is 4.90 Å². The Bertz CT molecular complexity index is 527. The van der Waals surface area contributed by atoms with Gasteiger partial charge in [0.15, 0.2) is 0 Å². The second-order valence-corrected chi connectivity index (χ2v) is 6.03. The Morgan fingerprint density at radius 2 is 1.86 bits per heavy atom. The second-order valence-electron chi connectivity index (χ2n) is 5.59. The van der Waals surface area contributed by atoms with Gasteiger partial charge in [0.25, 0.3) is 0 Å². The fraction of sp³-hybridized carbons (Fsp3) is 0.562. The molecule has 0 saturated carbocycles. The van der Waals surface area contributed by atoms with E-state index in [-0.39, 0.29) is 17.2 Å². The zero-order chi connectivity index (χ0) is 15.6. The highest BCUT2D eigenvalue weighted by molar-refractivity contribution is 6.31. The van der Waals surface area contributed by atoms with Crippen molar-refractivity contribution in [3.8, 4) is 0 Å². The molecule has 0 bridgehead atoms. The van der Waals surface area contributed by atoms with Gasteiger partial charge in [-0.3, -0.25) is 4.79 Å². The predicted molar refractivity (Wildman–Crippen MR) is 81.0 cm³/mol. The lowest BCUT2D eigenvalue weighted by Gasteiger charge is -2.24. The van der Waals surface area contributed by atoms with Gasteiger partial charge in [-0.05, 0) is 37.0 Å². The molecule has 1 aliphatic rings. The molecule has 0 N–H and O–H groups in total. The van der Waals surface area contributed by atoms with Gasteiger partial charge in [0.2, 0.25) is 0 Å². The van der Waals surface area contributed by atoms with Gasteiger partial charge in [-0.25, -0.2) is 0 Å². The van der Waals surface area contributed by atoms with Crippen molar-refractivity contribution in [3.05, 3.63) is 28.8 Å². The van der Waals surface area contributed by atoms with Crippen LogP contribution in [-0.4, -0.2) is 12.5 Å². The summed E-state index contributed by atoms with van der Waals surface area (Å²) in [6.07, 6.45) is 3.81. The number of carbonyl (C=O) groups excluding carboxylic acids is 1. The molecule has 0 aliphatic carbocycles. The van der Waals surface area contributed by atoms with Gasteiger partial charge in [-0.2, -0.15) is 8.78 Å². The first-order valence-corrected chi connectivity index (χ1v) is 7.79. The Labute approximate surface area is 129 Å². The highest BCUT2D eigenvalue weighted by Crippen LogP contribution is 2.45. The number of fused-ring (bicyclic) bond motifs is 1. The lowest BCUT2D eigenvalue weighted by molar-refractivity contribution is -0.141. The summed E-state index contributed by atoms with van der Waals surface area (Å²) in [4.78, 5) is 13.3. The number of benzene rings is 1. The van der Waals surface area contributed by atoms with Gasteiger partial charge >= 0.3 is 11.8 Å². The normalized spacial score (nSPS) is 16.7. The number of amides is 1. The molecule has 0 fully saturated rings. The molecule has 2 rings (SSSR count). The summed E-state index contributed by atoms with van der Waals surface area (Å²) in [6.45, 7) is 4.46. The van der Waals surface area contributed by atoms with Crippen molar-refractivity contribution in [2.24, 2.45) is 5.92 Å². The van der Waals surface area contributed by atoms with Gasteiger partial charge in [0.1, 0.15) is 0 Å². The topological polar surface area (TPSA) is 20.3 Å². The van der Waals surface area contributed by atoms with Crippen LogP contribution in [0.15, 0.2) is 18.2 Å². The van der Waals surface area contributed by atoms with E-state index in [1.807, 2.05) is 0 Å². The zero-order valence-corrected chi connectivity index (χ0v) is 13.1. The Morgan fingerprint density at radius 3 is 2.43 bits per heavy atom. The van der Waals surface area contributed by atoms with Gasteiger partial charge in [-0.15, -0.1) is 0 Å². The quantitative estimate of drug-likeness (QED) is 0.723. The molecular weight excluding hydrogens is 296 g/mol. The number of nitrogens with zero attached hydrogens (tertiary/aromatic N) is 1. The lowest BCUT2D eigenvalue weighted by atomic mass is 9.97. The van der Waals surface area contributed by atoms with E-state index in [0.717, 1.165) is 25.7 Å². The predicted octanol–water partition coefficient (Wildman–Crippen LogP) is 4.99. The first-order chi connectivity index (χ1) is 9.91. The van der Waals surface area contributed by atoms with Gasteiger partial charge < -0.3 is 4.90 Å². The first-order valence-electron chi connectivity index (χ1n) is 7.41. The van der Waals surface area contributed by atoms with Crippen LogP contribution in [0, 0.1) is 5.92 Å². The summed E-state index contributed by atoms with van der Waals surface area (Å²) in [5.74, 6) is -4.33. The summed E-state index contributed by atoms with van der Waals surface area (Å²) in [6, 6.07) is 4.12. The van der Waals surface area contributed by atoms with E-state index < -0.39 is 11.8 Å². The Morgan fingerprint density at radius 1 is 1.24 bits per heavy atom. The average Bonchev–Trinajstić information content (AvgIpc) is 2.60. The van der Waals surface area contributed by atoms with Crippen LogP contribution in [0.25, 0.3) is 0 Å². The van der Waals surface area contributed by atoms with Crippen molar-refractivity contribution in [1.82, 2.24) is 0 Å². The monoisotopic (exact) mass is 315 g/mol. The molecule has 116 valence electrons. The summed E-state index contributed by atoms with van der Waals surface area (Å²) in [5.41, 5.74) is 0.0263. The van der Waals surface area contributed by atoms with Gasteiger partial charge in [0.05, 0.1) is 11.3 Å². The van der Waals surface area contributed by atoms with E-state index in [2.05, 4.69) is 13.8 Å². The number of hydrogen-bond donors (Lipinski definition) is 0. The minimum atomic E-state index is -3.44. The maximum Gasteiger partial charge on any atom is 0.352 e.